The van der Waals surface area contributed by atoms with Gasteiger partial charge in [-0.2, -0.15) is 0 Å². The minimum absolute atomic E-state index is 0.255. The summed E-state index contributed by atoms with van der Waals surface area (Å²) >= 11 is 1.59. The highest BCUT2D eigenvalue weighted by Crippen LogP contribution is 2.59. The second-order valence-electron chi connectivity index (χ2n) is 6.04. The van der Waals surface area contributed by atoms with Crippen molar-refractivity contribution in [3.63, 3.8) is 0 Å². The summed E-state index contributed by atoms with van der Waals surface area (Å²) in [6.45, 7) is 3.97. The molecule has 19 heavy (non-hydrogen) atoms. The molecule has 1 aromatic heterocycles. The third-order valence-electron chi connectivity index (χ3n) is 4.91. The molecule has 1 saturated carbocycles. The Labute approximate surface area is 116 Å². The molecule has 1 aliphatic carbocycles. The summed E-state index contributed by atoms with van der Waals surface area (Å²) in [4.78, 5) is 16.8. The van der Waals surface area contributed by atoms with E-state index in [4.69, 9.17) is 0 Å². The zero-order valence-corrected chi connectivity index (χ0v) is 11.7. The van der Waals surface area contributed by atoms with Crippen molar-refractivity contribution in [2.24, 2.45) is 11.3 Å². The summed E-state index contributed by atoms with van der Waals surface area (Å²) in [7, 11) is 0. The standard InChI is InChI=1S/C13H18N4OS/c18-11(16-4-1-2-5-16)10-7-13(10)3-6-17(8-13)12-15-14-9-19-12/h9-10H,1-8H2/t10-,13-/m1/s1. The van der Waals surface area contributed by atoms with Crippen LogP contribution in [0.15, 0.2) is 5.51 Å². The molecule has 2 aliphatic heterocycles. The van der Waals surface area contributed by atoms with E-state index in [1.165, 1.54) is 12.8 Å². The number of hydrogen-bond donors (Lipinski definition) is 0. The number of carbonyl (C=O) groups is 1. The first-order chi connectivity index (χ1) is 9.28. The van der Waals surface area contributed by atoms with Crippen LogP contribution in [0, 0.1) is 11.3 Å². The molecule has 0 bridgehead atoms. The van der Waals surface area contributed by atoms with E-state index in [1.54, 1.807) is 16.8 Å². The Bertz CT molecular complexity index is 485. The zero-order valence-electron chi connectivity index (χ0n) is 10.9. The maximum atomic E-state index is 12.4. The molecule has 3 aliphatic rings. The van der Waals surface area contributed by atoms with Gasteiger partial charge in [-0.15, -0.1) is 10.2 Å². The summed E-state index contributed by atoms with van der Waals surface area (Å²) in [6.07, 6.45) is 4.58. The lowest BCUT2D eigenvalue weighted by Crippen LogP contribution is -2.31. The Hall–Kier alpha value is -1.17. The van der Waals surface area contributed by atoms with Gasteiger partial charge in [0.05, 0.1) is 0 Å². The van der Waals surface area contributed by atoms with E-state index in [9.17, 15) is 4.79 Å². The zero-order chi connectivity index (χ0) is 12.9. The second-order valence-corrected chi connectivity index (χ2v) is 6.86. The highest BCUT2D eigenvalue weighted by atomic mass is 32.1. The maximum Gasteiger partial charge on any atom is 0.226 e. The highest BCUT2D eigenvalue weighted by Gasteiger charge is 2.61. The predicted octanol–water partition coefficient (Wildman–Crippen LogP) is 1.38. The largest absolute Gasteiger partial charge is 0.346 e. The van der Waals surface area contributed by atoms with E-state index in [0.29, 0.717) is 5.91 Å². The fourth-order valence-electron chi connectivity index (χ4n) is 3.67. The second kappa shape index (κ2) is 4.16. The molecule has 1 amide bonds. The van der Waals surface area contributed by atoms with Gasteiger partial charge in [-0.05, 0) is 25.7 Å². The smallest absolute Gasteiger partial charge is 0.226 e. The molecule has 2 saturated heterocycles. The van der Waals surface area contributed by atoms with Gasteiger partial charge in [0.25, 0.3) is 0 Å². The average molecular weight is 278 g/mol. The van der Waals surface area contributed by atoms with E-state index in [2.05, 4.69) is 20.0 Å². The van der Waals surface area contributed by atoms with Crippen molar-refractivity contribution in [3.05, 3.63) is 5.51 Å². The van der Waals surface area contributed by atoms with Gasteiger partial charge < -0.3 is 9.80 Å². The first kappa shape index (κ1) is 11.6. The molecule has 3 heterocycles. The van der Waals surface area contributed by atoms with Crippen LogP contribution in [0.1, 0.15) is 25.7 Å². The van der Waals surface area contributed by atoms with Crippen LogP contribution >= 0.6 is 11.3 Å². The summed E-state index contributed by atoms with van der Waals surface area (Å²) in [5, 5.41) is 9.05. The normalized spacial score (nSPS) is 33.4. The third kappa shape index (κ3) is 1.84. The van der Waals surface area contributed by atoms with Crippen molar-refractivity contribution in [1.29, 1.82) is 0 Å². The summed E-state index contributed by atoms with van der Waals surface area (Å²) in [5.41, 5.74) is 2.03. The summed E-state index contributed by atoms with van der Waals surface area (Å²) in [6, 6.07) is 0. The minimum atomic E-state index is 0.255. The molecule has 102 valence electrons. The van der Waals surface area contributed by atoms with Crippen LogP contribution in [0.4, 0.5) is 5.13 Å². The van der Waals surface area contributed by atoms with Crippen LogP contribution in [-0.2, 0) is 4.79 Å². The maximum absolute atomic E-state index is 12.4. The van der Waals surface area contributed by atoms with Crippen LogP contribution < -0.4 is 4.90 Å². The van der Waals surface area contributed by atoms with Crippen LogP contribution in [0.5, 0.6) is 0 Å². The molecular formula is C13H18N4OS. The Balaban J connectivity index is 1.43. The molecule has 0 N–H and O–H groups in total. The lowest BCUT2D eigenvalue weighted by molar-refractivity contribution is -0.132. The Morgan fingerprint density at radius 1 is 1.37 bits per heavy atom. The molecule has 2 atom stereocenters. The molecule has 6 heteroatoms. The van der Waals surface area contributed by atoms with Crippen LogP contribution in [-0.4, -0.2) is 47.2 Å². The number of aromatic nitrogens is 2. The molecule has 1 spiro atoms. The Kier molecular flexibility index (Phi) is 2.55. The van der Waals surface area contributed by atoms with Crippen LogP contribution in [0.25, 0.3) is 0 Å². The molecular weight excluding hydrogens is 260 g/mol. The number of nitrogens with zero attached hydrogens (tertiary/aromatic N) is 4. The van der Waals surface area contributed by atoms with Gasteiger partial charge in [0.1, 0.15) is 5.51 Å². The van der Waals surface area contributed by atoms with Crippen molar-refractivity contribution >= 4 is 22.4 Å². The SMILES string of the molecule is O=C([C@H]1C[C@@]12CCN(c1nncs1)C2)N1CCCC1. The van der Waals surface area contributed by atoms with Crippen LogP contribution in [0.3, 0.4) is 0 Å². The fourth-order valence-corrected chi connectivity index (χ4v) is 4.26. The van der Waals surface area contributed by atoms with Gasteiger partial charge in [-0.25, -0.2) is 0 Å². The van der Waals surface area contributed by atoms with Gasteiger partial charge in [0.2, 0.25) is 11.0 Å². The van der Waals surface area contributed by atoms with Gasteiger partial charge in [-0.1, -0.05) is 11.3 Å². The molecule has 1 aromatic rings. The first-order valence-electron chi connectivity index (χ1n) is 7.08. The van der Waals surface area contributed by atoms with Crippen molar-refractivity contribution in [2.75, 3.05) is 31.1 Å². The van der Waals surface area contributed by atoms with E-state index < -0.39 is 0 Å². The van der Waals surface area contributed by atoms with E-state index in [0.717, 1.165) is 44.2 Å². The summed E-state index contributed by atoms with van der Waals surface area (Å²) < 4.78 is 0. The van der Waals surface area contributed by atoms with Crippen molar-refractivity contribution in [3.8, 4) is 0 Å². The van der Waals surface area contributed by atoms with E-state index in [1.807, 2.05) is 0 Å². The third-order valence-corrected chi connectivity index (χ3v) is 5.66. The van der Waals surface area contributed by atoms with Gasteiger partial charge in [-0.3, -0.25) is 4.79 Å². The monoisotopic (exact) mass is 278 g/mol. The van der Waals surface area contributed by atoms with E-state index in [-0.39, 0.29) is 11.3 Å². The molecule has 0 radical (unpaired) electrons. The van der Waals surface area contributed by atoms with Crippen LogP contribution in [0.2, 0.25) is 0 Å². The topological polar surface area (TPSA) is 49.3 Å². The molecule has 0 aromatic carbocycles. The van der Waals surface area contributed by atoms with Gasteiger partial charge >= 0.3 is 0 Å². The number of carbonyl (C=O) groups excluding carboxylic acids is 1. The lowest BCUT2D eigenvalue weighted by atomic mass is 10.0. The Morgan fingerprint density at radius 3 is 2.95 bits per heavy atom. The summed E-state index contributed by atoms with van der Waals surface area (Å²) in [5.74, 6) is 0.695. The van der Waals surface area contributed by atoms with Gasteiger partial charge in [0.15, 0.2) is 0 Å². The van der Waals surface area contributed by atoms with Crippen molar-refractivity contribution in [1.82, 2.24) is 15.1 Å². The molecule has 3 fully saturated rings. The lowest BCUT2D eigenvalue weighted by Gasteiger charge is -2.18. The van der Waals surface area contributed by atoms with Crippen molar-refractivity contribution < 1.29 is 4.79 Å². The molecule has 0 unspecified atom stereocenters. The minimum Gasteiger partial charge on any atom is -0.346 e. The molecule has 5 nitrogen and oxygen atoms in total. The van der Waals surface area contributed by atoms with Crippen molar-refractivity contribution in [2.45, 2.75) is 25.7 Å². The van der Waals surface area contributed by atoms with E-state index >= 15 is 0 Å². The fraction of sp³-hybridized carbons (Fsp3) is 0.769. The first-order valence-corrected chi connectivity index (χ1v) is 7.96. The number of anilines is 1. The quantitative estimate of drug-likeness (QED) is 0.820. The average Bonchev–Trinajstić information content (AvgIpc) is 2.96. The number of likely N-dealkylation sites (tertiary alicyclic amines) is 1. The molecule has 4 rings (SSSR count). The number of amides is 1. The Morgan fingerprint density at radius 2 is 2.21 bits per heavy atom. The van der Waals surface area contributed by atoms with Gasteiger partial charge in [0, 0.05) is 37.5 Å². The predicted molar refractivity (Wildman–Crippen MR) is 73.1 cm³/mol. The highest BCUT2D eigenvalue weighted by molar-refractivity contribution is 7.13. The number of hydrogen-bond acceptors (Lipinski definition) is 5. The number of rotatable bonds is 2.